The predicted molar refractivity (Wildman–Crippen MR) is 85.8 cm³/mol. The molecule has 0 radical (unpaired) electrons. The summed E-state index contributed by atoms with van der Waals surface area (Å²) in [6.07, 6.45) is 5.43. The third kappa shape index (κ3) is 2.49. The second-order valence-corrected chi connectivity index (χ2v) is 5.29. The minimum atomic E-state index is 0.590. The van der Waals surface area contributed by atoms with Crippen molar-refractivity contribution in [2.24, 2.45) is 0 Å². The second kappa shape index (κ2) is 5.85. The summed E-state index contributed by atoms with van der Waals surface area (Å²) in [4.78, 5) is 11.0. The first-order valence-electron chi connectivity index (χ1n) is 7.52. The van der Waals surface area contributed by atoms with Gasteiger partial charge in [0.15, 0.2) is 5.65 Å². The zero-order chi connectivity index (χ0) is 15.6. The third-order valence-corrected chi connectivity index (χ3v) is 3.97. The van der Waals surface area contributed by atoms with Gasteiger partial charge >= 0.3 is 0 Å². The van der Waals surface area contributed by atoms with E-state index in [4.69, 9.17) is 9.47 Å². The first-order chi connectivity index (χ1) is 11.4. The van der Waals surface area contributed by atoms with E-state index in [9.17, 15) is 0 Å². The van der Waals surface area contributed by atoms with Crippen LogP contribution in [-0.2, 0) is 4.74 Å². The number of pyridine rings is 1. The Morgan fingerprint density at radius 1 is 1.09 bits per heavy atom. The summed E-state index contributed by atoms with van der Waals surface area (Å²) >= 11 is 0. The van der Waals surface area contributed by atoms with Gasteiger partial charge in [-0.15, -0.1) is 0 Å². The van der Waals surface area contributed by atoms with Crippen molar-refractivity contribution in [3.8, 4) is 17.0 Å². The summed E-state index contributed by atoms with van der Waals surface area (Å²) in [7, 11) is 1.60. The fraction of sp³-hybridized carbons (Fsp3) is 0.312. The van der Waals surface area contributed by atoms with Crippen LogP contribution in [0, 0.1) is 0 Å². The first kappa shape index (κ1) is 14.0. The van der Waals surface area contributed by atoms with E-state index in [0.717, 1.165) is 48.9 Å². The molecule has 4 heterocycles. The molecule has 4 rings (SSSR count). The summed E-state index contributed by atoms with van der Waals surface area (Å²) < 4.78 is 12.4. The van der Waals surface area contributed by atoms with Crippen LogP contribution in [0.15, 0.2) is 36.8 Å². The Kier molecular flexibility index (Phi) is 3.55. The van der Waals surface area contributed by atoms with E-state index in [1.54, 1.807) is 13.3 Å². The topological polar surface area (TPSA) is 64.8 Å². The molecule has 0 aliphatic carbocycles. The first-order valence-corrected chi connectivity index (χ1v) is 7.52. The van der Waals surface area contributed by atoms with Gasteiger partial charge in [-0.1, -0.05) is 0 Å². The molecular formula is C16H17N5O2. The average Bonchev–Trinajstić information content (AvgIpc) is 3.06. The molecule has 1 aliphatic heterocycles. The van der Waals surface area contributed by atoms with Gasteiger partial charge in [-0.05, 0) is 12.1 Å². The van der Waals surface area contributed by atoms with Crippen molar-refractivity contribution < 1.29 is 9.47 Å². The van der Waals surface area contributed by atoms with Crippen LogP contribution in [0.2, 0.25) is 0 Å². The van der Waals surface area contributed by atoms with Crippen molar-refractivity contribution in [2.45, 2.75) is 0 Å². The zero-order valence-electron chi connectivity index (χ0n) is 12.8. The molecule has 7 heteroatoms. The van der Waals surface area contributed by atoms with E-state index in [0.29, 0.717) is 5.88 Å². The van der Waals surface area contributed by atoms with Crippen molar-refractivity contribution in [1.82, 2.24) is 19.6 Å². The molecule has 3 aromatic rings. The van der Waals surface area contributed by atoms with Crippen LogP contribution in [0.1, 0.15) is 0 Å². The molecule has 0 atom stereocenters. The van der Waals surface area contributed by atoms with Crippen LogP contribution in [0.3, 0.4) is 0 Å². The van der Waals surface area contributed by atoms with Crippen molar-refractivity contribution in [3.63, 3.8) is 0 Å². The molecule has 0 unspecified atom stereocenters. The van der Waals surface area contributed by atoms with Gasteiger partial charge in [0.05, 0.1) is 26.5 Å². The van der Waals surface area contributed by atoms with Gasteiger partial charge in [0, 0.05) is 42.7 Å². The highest BCUT2D eigenvalue weighted by Gasteiger charge is 2.17. The minimum absolute atomic E-state index is 0.590. The van der Waals surface area contributed by atoms with Crippen LogP contribution < -0.4 is 9.64 Å². The van der Waals surface area contributed by atoms with Crippen LogP contribution in [0.4, 0.5) is 5.82 Å². The number of methoxy groups -OCH3 is 1. The Balaban J connectivity index is 1.77. The minimum Gasteiger partial charge on any atom is -0.481 e. The summed E-state index contributed by atoms with van der Waals surface area (Å²) in [5, 5.41) is 4.53. The van der Waals surface area contributed by atoms with Gasteiger partial charge in [0.2, 0.25) is 5.88 Å². The SMILES string of the molecule is COc1ccc(-c2cnn3c(N4CCOCC4)ccnc23)cn1. The smallest absolute Gasteiger partial charge is 0.212 e. The molecule has 1 saturated heterocycles. The maximum atomic E-state index is 5.42. The van der Waals surface area contributed by atoms with Crippen LogP contribution in [0.5, 0.6) is 5.88 Å². The summed E-state index contributed by atoms with van der Waals surface area (Å²) in [5.74, 6) is 1.62. The Morgan fingerprint density at radius 2 is 1.96 bits per heavy atom. The number of fused-ring (bicyclic) bond motifs is 1. The molecule has 0 aromatic carbocycles. The molecule has 1 fully saturated rings. The molecule has 118 valence electrons. The Morgan fingerprint density at radius 3 is 2.70 bits per heavy atom. The number of hydrogen-bond acceptors (Lipinski definition) is 6. The highest BCUT2D eigenvalue weighted by Crippen LogP contribution is 2.26. The highest BCUT2D eigenvalue weighted by atomic mass is 16.5. The van der Waals surface area contributed by atoms with Gasteiger partial charge in [-0.25, -0.2) is 9.97 Å². The molecule has 0 saturated carbocycles. The largest absolute Gasteiger partial charge is 0.481 e. The molecule has 3 aromatic heterocycles. The number of ether oxygens (including phenoxy) is 2. The van der Waals surface area contributed by atoms with E-state index in [2.05, 4.69) is 20.0 Å². The van der Waals surface area contributed by atoms with E-state index in [1.807, 2.05) is 35.1 Å². The fourth-order valence-electron chi connectivity index (χ4n) is 2.77. The van der Waals surface area contributed by atoms with Crippen molar-refractivity contribution in [2.75, 3.05) is 38.3 Å². The zero-order valence-corrected chi connectivity index (χ0v) is 12.8. The van der Waals surface area contributed by atoms with Gasteiger partial charge in [-0.3, -0.25) is 0 Å². The molecule has 0 spiro atoms. The van der Waals surface area contributed by atoms with Gasteiger partial charge in [0.1, 0.15) is 5.82 Å². The predicted octanol–water partition coefficient (Wildman–Crippen LogP) is 1.64. The number of morpholine rings is 1. The molecule has 0 bridgehead atoms. The Labute approximate surface area is 133 Å². The maximum absolute atomic E-state index is 5.42. The highest BCUT2D eigenvalue weighted by molar-refractivity contribution is 5.77. The maximum Gasteiger partial charge on any atom is 0.212 e. The summed E-state index contributed by atoms with van der Waals surface area (Å²) in [6, 6.07) is 5.79. The monoisotopic (exact) mass is 311 g/mol. The van der Waals surface area contributed by atoms with Crippen LogP contribution >= 0.6 is 0 Å². The van der Waals surface area contributed by atoms with E-state index < -0.39 is 0 Å². The standard InChI is InChI=1S/C16H17N5O2/c1-22-14-3-2-12(10-18-14)13-11-19-21-15(4-5-17-16(13)21)20-6-8-23-9-7-20/h2-5,10-11H,6-9H2,1H3. The second-order valence-electron chi connectivity index (χ2n) is 5.29. The Bertz CT molecular complexity index is 809. The molecule has 1 aliphatic rings. The average molecular weight is 311 g/mol. The summed E-state index contributed by atoms with van der Waals surface area (Å²) in [5.41, 5.74) is 2.74. The van der Waals surface area contributed by atoms with Crippen LogP contribution in [-0.4, -0.2) is 53.0 Å². The normalized spacial score (nSPS) is 15.1. The van der Waals surface area contributed by atoms with Crippen molar-refractivity contribution >= 4 is 11.5 Å². The van der Waals surface area contributed by atoms with E-state index in [-0.39, 0.29) is 0 Å². The van der Waals surface area contributed by atoms with Crippen molar-refractivity contribution in [1.29, 1.82) is 0 Å². The molecule has 0 N–H and O–H groups in total. The van der Waals surface area contributed by atoms with Gasteiger partial charge < -0.3 is 14.4 Å². The third-order valence-electron chi connectivity index (χ3n) is 3.97. The van der Waals surface area contributed by atoms with E-state index >= 15 is 0 Å². The van der Waals surface area contributed by atoms with Crippen LogP contribution in [0.25, 0.3) is 16.8 Å². The number of aromatic nitrogens is 4. The molecular weight excluding hydrogens is 294 g/mol. The number of anilines is 1. The lowest BCUT2D eigenvalue weighted by Gasteiger charge is -2.28. The van der Waals surface area contributed by atoms with Gasteiger partial charge in [-0.2, -0.15) is 9.61 Å². The lowest BCUT2D eigenvalue weighted by Crippen LogP contribution is -2.37. The van der Waals surface area contributed by atoms with E-state index in [1.165, 1.54) is 0 Å². The molecule has 7 nitrogen and oxygen atoms in total. The number of rotatable bonds is 3. The fourth-order valence-corrected chi connectivity index (χ4v) is 2.77. The lowest BCUT2D eigenvalue weighted by molar-refractivity contribution is 0.122. The number of hydrogen-bond donors (Lipinski definition) is 0. The molecule has 0 amide bonds. The Hall–Kier alpha value is -2.67. The lowest BCUT2D eigenvalue weighted by atomic mass is 10.1. The molecule has 23 heavy (non-hydrogen) atoms. The number of nitrogens with zero attached hydrogens (tertiary/aromatic N) is 5. The summed E-state index contributed by atoms with van der Waals surface area (Å²) in [6.45, 7) is 3.19. The van der Waals surface area contributed by atoms with Crippen molar-refractivity contribution in [3.05, 3.63) is 36.8 Å². The van der Waals surface area contributed by atoms with Gasteiger partial charge in [0.25, 0.3) is 0 Å². The quantitative estimate of drug-likeness (QED) is 0.732.